The fourth-order valence-corrected chi connectivity index (χ4v) is 5.88. The lowest BCUT2D eigenvalue weighted by atomic mass is 9.81. The number of nitrogens with one attached hydrogen (secondary N) is 2. The number of hydrogen-bond donors (Lipinski definition) is 2. The summed E-state index contributed by atoms with van der Waals surface area (Å²) >= 11 is 0. The Morgan fingerprint density at radius 3 is 2.15 bits per heavy atom. The fourth-order valence-electron chi connectivity index (χ4n) is 5.88. The van der Waals surface area contributed by atoms with Gasteiger partial charge in [-0.2, -0.15) is 0 Å². The van der Waals surface area contributed by atoms with Crippen molar-refractivity contribution in [3.05, 3.63) is 96.1 Å². The second kappa shape index (κ2) is 12.5. The monoisotopic (exact) mass is 538 g/mol. The molecule has 0 unspecified atom stereocenters. The molecule has 2 heterocycles. The highest BCUT2D eigenvalue weighted by atomic mass is 16.2. The second-order valence-corrected chi connectivity index (χ2v) is 10.8. The van der Waals surface area contributed by atoms with Gasteiger partial charge in [-0.25, -0.2) is 0 Å². The smallest absolute Gasteiger partial charge is 0.251 e. The van der Waals surface area contributed by atoms with Gasteiger partial charge < -0.3 is 20.4 Å². The maximum atomic E-state index is 13.6. The fraction of sp³-hybridized carbons (Fsp3) is 0.364. The molecule has 208 valence electrons. The van der Waals surface area contributed by atoms with E-state index in [4.69, 9.17) is 0 Å². The number of hydrogen-bond acceptors (Lipinski definition) is 4. The number of nitrogens with zero attached hydrogens (tertiary/aromatic N) is 2. The standard InChI is InChI=1S/C33H38N4O3/c1-2-20-37-31(39)29(24-34-30(38)28-15-13-27(14-16-28)26-11-7-4-8-12-26)35-32(40)33(37)18-22-36(23-19-33)21-17-25-9-5-3-6-10-25/h3-16,29H,2,17-24H2,1H3,(H,34,38)(H,35,40)/t29-/m0/s1. The SMILES string of the molecule is CCCN1C(=O)[C@H](CNC(=O)c2ccc(-c3ccccc3)cc2)NC(=O)C12CCN(CCc1ccccc1)CC2. The molecular weight excluding hydrogens is 500 g/mol. The Bertz CT molecular complexity index is 1300. The highest BCUT2D eigenvalue weighted by Gasteiger charge is 2.53. The quantitative estimate of drug-likeness (QED) is 0.433. The van der Waals surface area contributed by atoms with E-state index in [1.165, 1.54) is 5.56 Å². The zero-order valence-electron chi connectivity index (χ0n) is 23.1. The van der Waals surface area contributed by atoms with Crippen LogP contribution in [0.2, 0.25) is 0 Å². The van der Waals surface area contributed by atoms with Crippen LogP contribution in [0.25, 0.3) is 11.1 Å². The molecule has 3 aromatic rings. The summed E-state index contributed by atoms with van der Waals surface area (Å²) in [5, 5.41) is 5.82. The Kier molecular flexibility index (Phi) is 8.60. The predicted molar refractivity (Wildman–Crippen MR) is 157 cm³/mol. The maximum absolute atomic E-state index is 13.6. The topological polar surface area (TPSA) is 81.8 Å². The van der Waals surface area contributed by atoms with Gasteiger partial charge in [0.25, 0.3) is 5.91 Å². The Balaban J connectivity index is 1.18. The van der Waals surface area contributed by atoms with E-state index in [-0.39, 0.29) is 24.3 Å². The molecule has 2 N–H and O–H groups in total. The van der Waals surface area contributed by atoms with Crippen molar-refractivity contribution >= 4 is 17.7 Å². The summed E-state index contributed by atoms with van der Waals surface area (Å²) < 4.78 is 0. The molecular formula is C33H38N4O3. The first-order chi connectivity index (χ1) is 19.5. The van der Waals surface area contributed by atoms with Crippen molar-refractivity contribution in [2.45, 2.75) is 44.2 Å². The molecule has 0 aromatic heterocycles. The summed E-state index contributed by atoms with van der Waals surface area (Å²) in [6.07, 6.45) is 2.97. The number of piperidine rings is 1. The Morgan fingerprint density at radius 1 is 0.875 bits per heavy atom. The number of carbonyl (C=O) groups excluding carboxylic acids is 3. The summed E-state index contributed by atoms with van der Waals surface area (Å²) in [6.45, 7) is 5.09. The van der Waals surface area contributed by atoms with Crippen molar-refractivity contribution in [2.75, 3.05) is 32.7 Å². The molecule has 2 aliphatic heterocycles. The van der Waals surface area contributed by atoms with Crippen molar-refractivity contribution in [1.29, 1.82) is 0 Å². The third-order valence-electron chi connectivity index (χ3n) is 8.22. The van der Waals surface area contributed by atoms with Gasteiger partial charge in [-0.05, 0) is 54.5 Å². The summed E-state index contributed by atoms with van der Waals surface area (Å²) in [7, 11) is 0. The van der Waals surface area contributed by atoms with Gasteiger partial charge in [0, 0.05) is 38.3 Å². The molecule has 7 nitrogen and oxygen atoms in total. The summed E-state index contributed by atoms with van der Waals surface area (Å²) in [5.41, 5.74) is 3.11. The molecule has 2 fully saturated rings. The molecule has 1 spiro atoms. The van der Waals surface area contributed by atoms with Gasteiger partial charge in [-0.15, -0.1) is 0 Å². The number of piperazine rings is 1. The summed E-state index contributed by atoms with van der Waals surface area (Å²) in [5.74, 6) is -0.482. The molecule has 0 saturated carbocycles. The summed E-state index contributed by atoms with van der Waals surface area (Å²) in [4.78, 5) is 44.2. The predicted octanol–water partition coefficient (Wildman–Crippen LogP) is 3.90. The molecule has 7 heteroatoms. The van der Waals surface area contributed by atoms with Gasteiger partial charge in [0.15, 0.2) is 0 Å². The van der Waals surface area contributed by atoms with Gasteiger partial charge in [-0.3, -0.25) is 14.4 Å². The Hall–Kier alpha value is -3.97. The minimum Gasteiger partial charge on any atom is -0.349 e. The first kappa shape index (κ1) is 27.6. The number of benzene rings is 3. The van der Waals surface area contributed by atoms with E-state index in [2.05, 4.69) is 39.8 Å². The lowest BCUT2D eigenvalue weighted by Gasteiger charge is -2.51. The van der Waals surface area contributed by atoms with Crippen LogP contribution >= 0.6 is 0 Å². The molecule has 2 aliphatic rings. The third-order valence-corrected chi connectivity index (χ3v) is 8.22. The van der Waals surface area contributed by atoms with E-state index in [1.807, 2.05) is 55.5 Å². The van der Waals surface area contributed by atoms with Crippen molar-refractivity contribution in [3.63, 3.8) is 0 Å². The van der Waals surface area contributed by atoms with Crippen molar-refractivity contribution in [1.82, 2.24) is 20.4 Å². The normalized spacial score (nSPS) is 18.9. The molecule has 1 atom stereocenters. The largest absolute Gasteiger partial charge is 0.349 e. The average Bonchev–Trinajstić information content (AvgIpc) is 3.01. The van der Waals surface area contributed by atoms with Crippen molar-refractivity contribution in [2.24, 2.45) is 0 Å². The first-order valence-corrected chi connectivity index (χ1v) is 14.3. The van der Waals surface area contributed by atoms with Crippen LogP contribution in [0.3, 0.4) is 0 Å². The molecule has 0 radical (unpaired) electrons. The maximum Gasteiger partial charge on any atom is 0.251 e. The van der Waals surface area contributed by atoms with Crippen LogP contribution in [0.15, 0.2) is 84.9 Å². The minimum absolute atomic E-state index is 0.0589. The van der Waals surface area contributed by atoms with Crippen molar-refractivity contribution in [3.8, 4) is 11.1 Å². The van der Waals surface area contributed by atoms with Crippen LogP contribution in [-0.4, -0.2) is 71.8 Å². The zero-order valence-corrected chi connectivity index (χ0v) is 23.1. The Morgan fingerprint density at radius 2 is 1.50 bits per heavy atom. The molecule has 5 rings (SSSR count). The van der Waals surface area contributed by atoms with Gasteiger partial charge in [-0.1, -0.05) is 79.7 Å². The highest BCUT2D eigenvalue weighted by molar-refractivity contribution is 6.01. The van der Waals surface area contributed by atoms with E-state index in [0.29, 0.717) is 24.9 Å². The third kappa shape index (κ3) is 5.94. The second-order valence-electron chi connectivity index (χ2n) is 10.8. The molecule has 3 aromatic carbocycles. The van der Waals surface area contributed by atoms with Crippen LogP contribution in [0.5, 0.6) is 0 Å². The first-order valence-electron chi connectivity index (χ1n) is 14.3. The number of amides is 3. The van der Waals surface area contributed by atoms with Gasteiger partial charge in [0.1, 0.15) is 11.6 Å². The van der Waals surface area contributed by atoms with E-state index < -0.39 is 11.6 Å². The average molecular weight is 539 g/mol. The van der Waals surface area contributed by atoms with Crippen LogP contribution in [0.4, 0.5) is 0 Å². The lowest BCUT2D eigenvalue weighted by Crippen LogP contribution is -2.74. The Labute approximate surface area is 236 Å². The molecule has 0 bridgehead atoms. The molecule has 0 aliphatic carbocycles. The lowest BCUT2D eigenvalue weighted by molar-refractivity contribution is -0.161. The van der Waals surface area contributed by atoms with Crippen LogP contribution in [0.1, 0.15) is 42.1 Å². The van der Waals surface area contributed by atoms with E-state index in [9.17, 15) is 14.4 Å². The van der Waals surface area contributed by atoms with E-state index in [1.54, 1.807) is 17.0 Å². The van der Waals surface area contributed by atoms with Gasteiger partial charge in [0.05, 0.1) is 0 Å². The van der Waals surface area contributed by atoms with Crippen LogP contribution in [0, 0.1) is 0 Å². The van der Waals surface area contributed by atoms with Gasteiger partial charge >= 0.3 is 0 Å². The molecule has 40 heavy (non-hydrogen) atoms. The van der Waals surface area contributed by atoms with Gasteiger partial charge in [0.2, 0.25) is 11.8 Å². The van der Waals surface area contributed by atoms with Crippen LogP contribution < -0.4 is 10.6 Å². The molecule has 3 amide bonds. The van der Waals surface area contributed by atoms with Crippen LogP contribution in [-0.2, 0) is 16.0 Å². The van der Waals surface area contributed by atoms with E-state index in [0.717, 1.165) is 43.6 Å². The van der Waals surface area contributed by atoms with Crippen molar-refractivity contribution < 1.29 is 14.4 Å². The number of carbonyl (C=O) groups is 3. The highest BCUT2D eigenvalue weighted by Crippen LogP contribution is 2.33. The summed E-state index contributed by atoms with van der Waals surface area (Å²) in [6, 6.07) is 27.0. The number of rotatable bonds is 9. The zero-order chi connectivity index (χ0) is 28.0. The molecule has 2 saturated heterocycles. The number of likely N-dealkylation sites (tertiary alicyclic amines) is 1. The minimum atomic E-state index is -0.815. The van der Waals surface area contributed by atoms with E-state index >= 15 is 0 Å².